The molecule has 1 saturated carbocycles. The predicted molar refractivity (Wildman–Crippen MR) is 66.6 cm³/mol. The highest BCUT2D eigenvalue weighted by molar-refractivity contribution is 5.46. The van der Waals surface area contributed by atoms with Gasteiger partial charge in [0.05, 0.1) is 5.56 Å². The molecule has 1 aliphatic carbocycles. The van der Waals surface area contributed by atoms with Crippen LogP contribution in [0.1, 0.15) is 43.2 Å². The molecular formula is C14H18N2O. The van der Waals surface area contributed by atoms with E-state index in [-0.39, 0.29) is 11.2 Å². The summed E-state index contributed by atoms with van der Waals surface area (Å²) in [5.74, 6) is 0.0548. The molecule has 0 radical (unpaired) electrons. The lowest BCUT2D eigenvalue weighted by molar-refractivity contribution is 0.300. The summed E-state index contributed by atoms with van der Waals surface area (Å²) in [7, 11) is 0. The topological polar surface area (TPSA) is 70.0 Å². The summed E-state index contributed by atoms with van der Waals surface area (Å²) in [6.07, 6.45) is 5.82. The van der Waals surface area contributed by atoms with Gasteiger partial charge in [0, 0.05) is 12.0 Å². The highest BCUT2D eigenvalue weighted by Crippen LogP contribution is 2.39. The zero-order chi connectivity index (χ0) is 12.3. The van der Waals surface area contributed by atoms with Gasteiger partial charge in [-0.15, -0.1) is 0 Å². The molecule has 17 heavy (non-hydrogen) atoms. The third kappa shape index (κ3) is 2.13. The van der Waals surface area contributed by atoms with Crippen molar-refractivity contribution < 1.29 is 5.11 Å². The van der Waals surface area contributed by atoms with Crippen LogP contribution in [0.5, 0.6) is 5.75 Å². The Balaban J connectivity index is 2.40. The minimum Gasteiger partial charge on any atom is -0.507 e. The second-order valence-electron chi connectivity index (χ2n) is 4.89. The van der Waals surface area contributed by atoms with E-state index in [1.54, 1.807) is 12.1 Å². The lowest BCUT2D eigenvalue weighted by Crippen LogP contribution is -2.37. The van der Waals surface area contributed by atoms with E-state index in [1.165, 1.54) is 19.3 Å². The summed E-state index contributed by atoms with van der Waals surface area (Å²) in [5.41, 5.74) is 7.42. The van der Waals surface area contributed by atoms with E-state index >= 15 is 0 Å². The van der Waals surface area contributed by atoms with Gasteiger partial charge in [-0.2, -0.15) is 5.26 Å². The number of nitrogens with two attached hydrogens (primary N) is 1. The maximum absolute atomic E-state index is 9.54. The van der Waals surface area contributed by atoms with Crippen LogP contribution in [0.3, 0.4) is 0 Å². The monoisotopic (exact) mass is 230 g/mol. The largest absolute Gasteiger partial charge is 0.507 e. The molecule has 0 aliphatic heterocycles. The summed E-state index contributed by atoms with van der Waals surface area (Å²) in [4.78, 5) is 0. The first-order valence-corrected chi connectivity index (χ1v) is 6.15. The molecule has 2 rings (SSSR count). The average Bonchev–Trinajstić information content (AvgIpc) is 2.40. The van der Waals surface area contributed by atoms with Gasteiger partial charge in [-0.3, -0.25) is 0 Å². The Labute approximate surface area is 102 Å². The SMILES string of the molecule is N#Cc1cc(C2(CN)CCCCC2)ccc1O. The third-order valence-corrected chi connectivity index (χ3v) is 3.93. The molecule has 0 amide bonds. The van der Waals surface area contributed by atoms with Crippen molar-refractivity contribution in [2.75, 3.05) is 6.54 Å². The lowest BCUT2D eigenvalue weighted by Gasteiger charge is -2.37. The molecule has 1 aliphatic rings. The molecule has 0 saturated heterocycles. The minimum absolute atomic E-state index is 0.0115. The van der Waals surface area contributed by atoms with Gasteiger partial charge >= 0.3 is 0 Å². The first-order valence-electron chi connectivity index (χ1n) is 6.15. The molecule has 1 aromatic carbocycles. The molecule has 3 N–H and O–H groups in total. The van der Waals surface area contributed by atoms with Crippen LogP contribution in [-0.2, 0) is 5.41 Å². The van der Waals surface area contributed by atoms with E-state index in [1.807, 2.05) is 12.1 Å². The minimum atomic E-state index is 0.0115. The van der Waals surface area contributed by atoms with Crippen LogP contribution in [0.2, 0.25) is 0 Å². The van der Waals surface area contributed by atoms with E-state index in [9.17, 15) is 5.11 Å². The molecular weight excluding hydrogens is 212 g/mol. The van der Waals surface area contributed by atoms with Gasteiger partial charge in [-0.25, -0.2) is 0 Å². The number of nitrogens with zero attached hydrogens (tertiary/aromatic N) is 1. The maximum Gasteiger partial charge on any atom is 0.133 e. The van der Waals surface area contributed by atoms with Gasteiger partial charge in [0.25, 0.3) is 0 Å². The molecule has 3 heteroatoms. The Hall–Kier alpha value is -1.53. The van der Waals surface area contributed by atoms with Crippen molar-refractivity contribution >= 4 is 0 Å². The van der Waals surface area contributed by atoms with Crippen molar-refractivity contribution in [3.8, 4) is 11.8 Å². The van der Waals surface area contributed by atoms with Crippen molar-refractivity contribution in [2.45, 2.75) is 37.5 Å². The number of hydrogen-bond acceptors (Lipinski definition) is 3. The second-order valence-corrected chi connectivity index (χ2v) is 4.89. The van der Waals surface area contributed by atoms with Gasteiger partial charge in [-0.1, -0.05) is 25.3 Å². The molecule has 0 atom stereocenters. The van der Waals surface area contributed by atoms with E-state index in [2.05, 4.69) is 0 Å². The van der Waals surface area contributed by atoms with Gasteiger partial charge in [0.1, 0.15) is 11.8 Å². The second kappa shape index (κ2) is 4.77. The van der Waals surface area contributed by atoms with Crippen LogP contribution < -0.4 is 5.73 Å². The Kier molecular flexibility index (Phi) is 3.35. The van der Waals surface area contributed by atoms with Crippen LogP contribution in [0.15, 0.2) is 18.2 Å². The molecule has 0 aromatic heterocycles. The molecule has 3 nitrogen and oxygen atoms in total. The van der Waals surface area contributed by atoms with Crippen LogP contribution >= 0.6 is 0 Å². The van der Waals surface area contributed by atoms with Crippen molar-refractivity contribution in [3.05, 3.63) is 29.3 Å². The molecule has 1 aromatic rings. The Bertz CT molecular complexity index is 442. The number of rotatable bonds is 2. The summed E-state index contributed by atoms with van der Waals surface area (Å²) in [5, 5.41) is 18.5. The van der Waals surface area contributed by atoms with Gasteiger partial charge < -0.3 is 10.8 Å². The normalized spacial score (nSPS) is 18.6. The van der Waals surface area contributed by atoms with Crippen molar-refractivity contribution in [1.29, 1.82) is 5.26 Å². The fraction of sp³-hybridized carbons (Fsp3) is 0.500. The van der Waals surface area contributed by atoms with Crippen LogP contribution in [0, 0.1) is 11.3 Å². The summed E-state index contributed by atoms with van der Waals surface area (Å²) in [6, 6.07) is 7.35. The van der Waals surface area contributed by atoms with Crippen molar-refractivity contribution in [3.63, 3.8) is 0 Å². The molecule has 90 valence electrons. The standard InChI is InChI=1S/C14H18N2O/c15-9-11-8-12(4-5-13(11)17)14(10-16)6-2-1-3-7-14/h4-5,8,17H,1-3,6-7,10,16H2. The van der Waals surface area contributed by atoms with E-state index in [0.29, 0.717) is 12.1 Å². The van der Waals surface area contributed by atoms with Crippen LogP contribution in [-0.4, -0.2) is 11.7 Å². The van der Waals surface area contributed by atoms with Gasteiger partial charge in [0.2, 0.25) is 0 Å². The number of aromatic hydroxyl groups is 1. The molecule has 1 fully saturated rings. The highest BCUT2D eigenvalue weighted by Gasteiger charge is 2.32. The van der Waals surface area contributed by atoms with E-state index in [4.69, 9.17) is 11.0 Å². The highest BCUT2D eigenvalue weighted by atomic mass is 16.3. The van der Waals surface area contributed by atoms with Crippen LogP contribution in [0.4, 0.5) is 0 Å². The quantitative estimate of drug-likeness (QED) is 0.819. The summed E-state index contributed by atoms with van der Waals surface area (Å²) in [6.45, 7) is 0.614. The maximum atomic E-state index is 9.54. The number of hydrogen-bond donors (Lipinski definition) is 2. The Morgan fingerprint density at radius 3 is 2.59 bits per heavy atom. The number of phenols is 1. The molecule has 0 bridgehead atoms. The number of nitriles is 1. The number of benzene rings is 1. The fourth-order valence-corrected chi connectivity index (χ4v) is 2.79. The average molecular weight is 230 g/mol. The summed E-state index contributed by atoms with van der Waals surface area (Å²) >= 11 is 0. The smallest absolute Gasteiger partial charge is 0.133 e. The van der Waals surface area contributed by atoms with E-state index < -0.39 is 0 Å². The Morgan fingerprint density at radius 2 is 2.00 bits per heavy atom. The fourth-order valence-electron chi connectivity index (χ4n) is 2.79. The molecule has 0 unspecified atom stereocenters. The van der Waals surface area contributed by atoms with Gasteiger partial charge in [0.15, 0.2) is 0 Å². The first kappa shape index (κ1) is 11.9. The lowest BCUT2D eigenvalue weighted by atomic mass is 9.69. The van der Waals surface area contributed by atoms with Crippen LogP contribution in [0.25, 0.3) is 0 Å². The van der Waals surface area contributed by atoms with Crippen molar-refractivity contribution in [2.24, 2.45) is 5.73 Å². The van der Waals surface area contributed by atoms with Crippen molar-refractivity contribution in [1.82, 2.24) is 0 Å². The first-order chi connectivity index (χ1) is 8.22. The third-order valence-electron chi connectivity index (χ3n) is 3.93. The van der Waals surface area contributed by atoms with Gasteiger partial charge in [-0.05, 0) is 30.5 Å². The predicted octanol–water partition coefficient (Wildman–Crippen LogP) is 2.42. The zero-order valence-corrected chi connectivity index (χ0v) is 9.95. The molecule has 0 heterocycles. The van der Waals surface area contributed by atoms with E-state index in [0.717, 1.165) is 18.4 Å². The zero-order valence-electron chi connectivity index (χ0n) is 9.95. The molecule has 0 spiro atoms. The number of phenolic OH excluding ortho intramolecular Hbond substituents is 1. The summed E-state index contributed by atoms with van der Waals surface area (Å²) < 4.78 is 0. The Morgan fingerprint density at radius 1 is 1.29 bits per heavy atom.